The summed E-state index contributed by atoms with van der Waals surface area (Å²) in [7, 11) is 0. The Kier molecular flexibility index (Phi) is 4.24. The highest BCUT2D eigenvalue weighted by Gasteiger charge is 2.46. The number of hydrogen-bond donors (Lipinski definition) is 1. The fraction of sp³-hybridized carbons (Fsp3) is 0.647. The van der Waals surface area contributed by atoms with Crippen LogP contribution in [0.5, 0.6) is 0 Å². The van der Waals surface area contributed by atoms with Crippen LogP contribution in [0.4, 0.5) is 0 Å². The Hall–Kier alpha value is -1.42. The van der Waals surface area contributed by atoms with Crippen molar-refractivity contribution in [1.82, 2.24) is 15.2 Å². The normalized spacial score (nSPS) is 25.0. The van der Waals surface area contributed by atoms with Gasteiger partial charge < -0.3 is 10.2 Å². The van der Waals surface area contributed by atoms with Gasteiger partial charge in [0.1, 0.15) is 0 Å². The van der Waals surface area contributed by atoms with Crippen molar-refractivity contribution in [2.24, 2.45) is 5.41 Å². The second kappa shape index (κ2) is 6.14. The first-order valence-corrected chi connectivity index (χ1v) is 8.16. The predicted molar refractivity (Wildman–Crippen MR) is 82.6 cm³/mol. The van der Waals surface area contributed by atoms with Gasteiger partial charge in [0.05, 0.1) is 5.41 Å². The van der Waals surface area contributed by atoms with E-state index in [2.05, 4.69) is 22.1 Å². The van der Waals surface area contributed by atoms with E-state index in [-0.39, 0.29) is 5.41 Å². The Morgan fingerprint density at radius 3 is 2.76 bits per heavy atom. The van der Waals surface area contributed by atoms with Gasteiger partial charge in [-0.25, -0.2) is 0 Å². The second-order valence-electron chi connectivity index (χ2n) is 6.48. The van der Waals surface area contributed by atoms with Crippen LogP contribution in [0.15, 0.2) is 24.5 Å². The number of amides is 1. The third-order valence-corrected chi connectivity index (χ3v) is 4.78. The molecule has 1 aromatic rings. The van der Waals surface area contributed by atoms with Gasteiger partial charge in [0.25, 0.3) is 0 Å². The third kappa shape index (κ3) is 3.10. The highest BCUT2D eigenvalue weighted by atomic mass is 16.2. The smallest absolute Gasteiger partial charge is 0.230 e. The van der Waals surface area contributed by atoms with Crippen LogP contribution in [0.25, 0.3) is 0 Å². The molecule has 2 aliphatic rings. The minimum atomic E-state index is -0.162. The van der Waals surface area contributed by atoms with Crippen LogP contribution in [0.1, 0.15) is 44.6 Å². The van der Waals surface area contributed by atoms with Gasteiger partial charge in [0, 0.05) is 31.5 Å². The Morgan fingerprint density at radius 1 is 1.43 bits per heavy atom. The Labute approximate surface area is 126 Å². The molecule has 21 heavy (non-hydrogen) atoms. The summed E-state index contributed by atoms with van der Waals surface area (Å²) in [4.78, 5) is 19.4. The first-order valence-electron chi connectivity index (χ1n) is 8.16. The quantitative estimate of drug-likeness (QED) is 0.873. The monoisotopic (exact) mass is 287 g/mol. The summed E-state index contributed by atoms with van der Waals surface area (Å²) < 4.78 is 0. The lowest BCUT2D eigenvalue weighted by atomic mass is 9.81. The zero-order chi connectivity index (χ0) is 14.7. The number of aromatic nitrogens is 1. The standard InChI is InChI=1S/C17H25N3O/c1-2-7-17(8-11-19-13-17)16(21)20(15-3-4-15)12-14-5-9-18-10-6-14/h5-6,9-10,15,19H,2-4,7-8,11-13H2,1H3. The minimum absolute atomic E-state index is 0.162. The van der Waals surface area contributed by atoms with Crippen molar-refractivity contribution in [1.29, 1.82) is 0 Å². The molecule has 2 fully saturated rings. The van der Waals surface area contributed by atoms with Crippen molar-refractivity contribution in [2.75, 3.05) is 13.1 Å². The molecule has 1 saturated heterocycles. The minimum Gasteiger partial charge on any atom is -0.335 e. The molecule has 4 heteroatoms. The zero-order valence-corrected chi connectivity index (χ0v) is 12.8. The molecule has 0 aromatic carbocycles. The number of hydrogen-bond acceptors (Lipinski definition) is 3. The van der Waals surface area contributed by atoms with Crippen LogP contribution in [0, 0.1) is 5.41 Å². The fourth-order valence-electron chi connectivity index (χ4n) is 3.47. The van der Waals surface area contributed by atoms with Crippen LogP contribution in [-0.2, 0) is 11.3 Å². The van der Waals surface area contributed by atoms with Crippen LogP contribution < -0.4 is 5.32 Å². The maximum Gasteiger partial charge on any atom is 0.230 e. The summed E-state index contributed by atoms with van der Waals surface area (Å²) in [5.74, 6) is 0.369. The van der Waals surface area contributed by atoms with Gasteiger partial charge in [-0.2, -0.15) is 0 Å². The van der Waals surface area contributed by atoms with Crippen molar-refractivity contribution in [3.63, 3.8) is 0 Å². The van der Waals surface area contributed by atoms with E-state index in [0.717, 1.165) is 51.7 Å². The first kappa shape index (κ1) is 14.5. The molecular formula is C17H25N3O. The van der Waals surface area contributed by atoms with Crippen LogP contribution in [-0.4, -0.2) is 34.9 Å². The summed E-state index contributed by atoms with van der Waals surface area (Å²) in [5, 5.41) is 3.40. The lowest BCUT2D eigenvalue weighted by Gasteiger charge is -2.34. The van der Waals surface area contributed by atoms with E-state index in [1.54, 1.807) is 0 Å². The number of rotatable bonds is 6. The molecule has 1 unspecified atom stereocenters. The molecule has 1 amide bonds. The number of carbonyl (C=O) groups excluding carboxylic acids is 1. The Balaban J connectivity index is 1.78. The average molecular weight is 287 g/mol. The van der Waals surface area contributed by atoms with Gasteiger partial charge in [-0.3, -0.25) is 9.78 Å². The van der Waals surface area contributed by atoms with E-state index < -0.39 is 0 Å². The number of pyridine rings is 1. The van der Waals surface area contributed by atoms with Gasteiger partial charge in [-0.1, -0.05) is 13.3 Å². The molecule has 1 aromatic heterocycles. The summed E-state index contributed by atoms with van der Waals surface area (Å²) in [5.41, 5.74) is 1.02. The lowest BCUT2D eigenvalue weighted by molar-refractivity contribution is -0.143. The molecule has 1 N–H and O–H groups in total. The van der Waals surface area contributed by atoms with Gasteiger partial charge in [0.15, 0.2) is 0 Å². The van der Waals surface area contributed by atoms with E-state index in [1.165, 1.54) is 5.56 Å². The highest BCUT2D eigenvalue weighted by molar-refractivity contribution is 5.84. The molecule has 2 heterocycles. The largest absolute Gasteiger partial charge is 0.335 e. The molecular weight excluding hydrogens is 262 g/mol. The molecule has 4 nitrogen and oxygen atoms in total. The van der Waals surface area contributed by atoms with E-state index in [1.807, 2.05) is 24.5 Å². The lowest BCUT2D eigenvalue weighted by Crippen LogP contribution is -2.46. The van der Waals surface area contributed by atoms with E-state index >= 15 is 0 Å². The Morgan fingerprint density at radius 2 is 2.19 bits per heavy atom. The molecule has 0 radical (unpaired) electrons. The zero-order valence-electron chi connectivity index (χ0n) is 12.8. The molecule has 1 atom stereocenters. The van der Waals surface area contributed by atoms with E-state index in [0.29, 0.717) is 11.9 Å². The Bertz CT molecular complexity index is 478. The van der Waals surface area contributed by atoms with Crippen LogP contribution in [0.3, 0.4) is 0 Å². The van der Waals surface area contributed by atoms with Crippen molar-refractivity contribution < 1.29 is 4.79 Å². The molecule has 1 saturated carbocycles. The highest BCUT2D eigenvalue weighted by Crippen LogP contribution is 2.38. The summed E-state index contributed by atoms with van der Waals surface area (Å²) in [6.45, 7) is 4.73. The first-order chi connectivity index (χ1) is 10.2. The van der Waals surface area contributed by atoms with Crippen LogP contribution in [0.2, 0.25) is 0 Å². The van der Waals surface area contributed by atoms with Crippen molar-refractivity contribution in [2.45, 2.75) is 51.6 Å². The van der Waals surface area contributed by atoms with E-state index in [9.17, 15) is 4.79 Å². The molecule has 1 aliphatic carbocycles. The third-order valence-electron chi connectivity index (χ3n) is 4.78. The number of nitrogens with zero attached hydrogens (tertiary/aromatic N) is 2. The number of carbonyl (C=O) groups is 1. The number of nitrogens with one attached hydrogen (secondary N) is 1. The molecule has 0 bridgehead atoms. The topological polar surface area (TPSA) is 45.2 Å². The maximum absolute atomic E-state index is 13.2. The maximum atomic E-state index is 13.2. The van der Waals surface area contributed by atoms with Gasteiger partial charge in [-0.15, -0.1) is 0 Å². The average Bonchev–Trinajstić information content (AvgIpc) is 3.24. The van der Waals surface area contributed by atoms with E-state index in [4.69, 9.17) is 0 Å². The van der Waals surface area contributed by atoms with Gasteiger partial charge in [0.2, 0.25) is 5.91 Å². The van der Waals surface area contributed by atoms with Crippen molar-refractivity contribution in [3.05, 3.63) is 30.1 Å². The van der Waals surface area contributed by atoms with Crippen LogP contribution >= 0.6 is 0 Å². The predicted octanol–water partition coefficient (Wildman–Crippen LogP) is 2.35. The molecule has 1 aliphatic heterocycles. The summed E-state index contributed by atoms with van der Waals surface area (Å²) in [6.07, 6.45) is 8.99. The second-order valence-corrected chi connectivity index (χ2v) is 6.48. The van der Waals surface area contributed by atoms with Gasteiger partial charge >= 0.3 is 0 Å². The van der Waals surface area contributed by atoms with Crippen molar-refractivity contribution in [3.8, 4) is 0 Å². The summed E-state index contributed by atoms with van der Waals surface area (Å²) in [6, 6.07) is 4.49. The fourth-order valence-corrected chi connectivity index (χ4v) is 3.47. The SMILES string of the molecule is CCCC1(C(=O)N(Cc2ccncc2)C2CC2)CCNC1. The molecule has 114 valence electrons. The summed E-state index contributed by atoms with van der Waals surface area (Å²) >= 11 is 0. The molecule has 0 spiro atoms. The molecule has 3 rings (SSSR count). The van der Waals surface area contributed by atoms with Gasteiger partial charge in [-0.05, 0) is 49.9 Å². The van der Waals surface area contributed by atoms with Crippen molar-refractivity contribution >= 4 is 5.91 Å².